The van der Waals surface area contributed by atoms with Crippen molar-refractivity contribution in [3.05, 3.63) is 119 Å². The van der Waals surface area contributed by atoms with Gasteiger partial charge in [0.15, 0.2) is 0 Å². The summed E-state index contributed by atoms with van der Waals surface area (Å²) < 4.78 is 39.0. The first-order chi connectivity index (χ1) is 19.3. The van der Waals surface area contributed by atoms with Gasteiger partial charge in [0.25, 0.3) is 5.91 Å². The highest BCUT2D eigenvalue weighted by molar-refractivity contribution is 6.08. The van der Waals surface area contributed by atoms with E-state index < -0.39 is 11.7 Å². The number of hydrogen-bond acceptors (Lipinski definition) is 4. The van der Waals surface area contributed by atoms with E-state index in [1.165, 1.54) is 12.1 Å². The monoisotopic (exact) mass is 540 g/mol. The third kappa shape index (κ3) is 6.33. The minimum Gasteiger partial charge on any atom is -0.369 e. The van der Waals surface area contributed by atoms with Crippen LogP contribution in [0.3, 0.4) is 0 Å². The summed E-state index contributed by atoms with van der Waals surface area (Å²) in [5.74, 6) is -0.336. The van der Waals surface area contributed by atoms with Gasteiger partial charge in [0.05, 0.1) is 17.2 Å². The highest BCUT2D eigenvalue weighted by Gasteiger charge is 2.30. The average Bonchev–Trinajstić information content (AvgIpc) is 2.97. The number of alkyl halides is 3. The molecule has 1 aliphatic rings. The first-order valence-electron chi connectivity index (χ1n) is 12.9. The number of benzene rings is 4. The van der Waals surface area contributed by atoms with Crippen LogP contribution in [-0.2, 0) is 12.7 Å². The SMILES string of the molecule is N#Cc1cccc(CN2CCN(c3cccc(NC(=O)c4ccccc4-c4ccc(C(F)(F)F)cc4)c3)CC2)c1. The molecule has 1 aliphatic heterocycles. The van der Waals surface area contributed by atoms with Crippen LogP contribution in [0.15, 0.2) is 97.1 Å². The van der Waals surface area contributed by atoms with Crippen molar-refractivity contribution in [1.82, 2.24) is 4.90 Å². The molecule has 4 aromatic rings. The Morgan fingerprint density at radius 3 is 2.30 bits per heavy atom. The maximum absolute atomic E-state index is 13.3. The van der Waals surface area contributed by atoms with Crippen molar-refractivity contribution in [3.63, 3.8) is 0 Å². The van der Waals surface area contributed by atoms with Crippen molar-refractivity contribution in [1.29, 1.82) is 5.26 Å². The molecule has 1 saturated heterocycles. The van der Waals surface area contributed by atoms with Crippen molar-refractivity contribution in [2.75, 3.05) is 36.4 Å². The van der Waals surface area contributed by atoms with E-state index in [0.29, 0.717) is 27.9 Å². The standard InChI is InChI=1S/C32H27F3N4O/c33-32(34,35)26-13-11-25(12-14-26)29-9-1-2-10-30(29)31(40)37-27-7-4-8-28(20-27)39-17-15-38(16-18-39)22-24-6-3-5-23(19-24)21-36/h1-14,19-20H,15-18,22H2,(H,37,40). The smallest absolute Gasteiger partial charge is 0.369 e. The fraction of sp³-hybridized carbons (Fsp3) is 0.188. The number of amides is 1. The van der Waals surface area contributed by atoms with E-state index in [0.717, 1.165) is 56.1 Å². The number of halogens is 3. The summed E-state index contributed by atoms with van der Waals surface area (Å²) in [4.78, 5) is 17.9. The number of piperazine rings is 1. The zero-order valence-electron chi connectivity index (χ0n) is 21.7. The second-order valence-electron chi connectivity index (χ2n) is 9.70. The maximum Gasteiger partial charge on any atom is 0.416 e. The Labute approximate surface area is 231 Å². The van der Waals surface area contributed by atoms with Gasteiger partial charge >= 0.3 is 6.18 Å². The Bertz CT molecular complexity index is 1540. The zero-order valence-corrected chi connectivity index (χ0v) is 21.7. The van der Waals surface area contributed by atoms with Crippen LogP contribution in [-0.4, -0.2) is 37.0 Å². The highest BCUT2D eigenvalue weighted by atomic mass is 19.4. The molecule has 5 nitrogen and oxygen atoms in total. The molecule has 0 atom stereocenters. The molecule has 1 amide bonds. The molecule has 40 heavy (non-hydrogen) atoms. The van der Waals surface area contributed by atoms with E-state index in [4.69, 9.17) is 5.26 Å². The molecule has 8 heteroatoms. The van der Waals surface area contributed by atoms with E-state index in [1.54, 1.807) is 30.3 Å². The molecule has 5 rings (SSSR count). The van der Waals surface area contributed by atoms with Crippen molar-refractivity contribution in [2.24, 2.45) is 0 Å². The van der Waals surface area contributed by atoms with E-state index in [1.807, 2.05) is 42.5 Å². The van der Waals surface area contributed by atoms with Crippen molar-refractivity contribution >= 4 is 17.3 Å². The molecular formula is C32H27F3N4O. The van der Waals surface area contributed by atoms with Gasteiger partial charge in [-0.25, -0.2) is 0 Å². The number of anilines is 2. The predicted octanol–water partition coefficient (Wildman–Crippen LogP) is 6.82. The molecule has 0 aromatic heterocycles. The fourth-order valence-corrected chi connectivity index (χ4v) is 4.91. The Kier molecular flexibility index (Phi) is 7.85. The molecule has 0 unspecified atom stereocenters. The third-order valence-electron chi connectivity index (χ3n) is 7.00. The molecular weight excluding hydrogens is 513 g/mol. The van der Waals surface area contributed by atoms with Crippen LogP contribution < -0.4 is 10.2 Å². The molecule has 0 aliphatic carbocycles. The first-order valence-corrected chi connectivity index (χ1v) is 12.9. The Morgan fingerprint density at radius 1 is 0.850 bits per heavy atom. The second-order valence-corrected chi connectivity index (χ2v) is 9.70. The molecule has 202 valence electrons. The molecule has 0 saturated carbocycles. The van der Waals surface area contributed by atoms with Gasteiger partial charge in [-0.3, -0.25) is 9.69 Å². The number of hydrogen-bond donors (Lipinski definition) is 1. The van der Waals surface area contributed by atoms with Gasteiger partial charge in [-0.05, 0) is 65.2 Å². The van der Waals surface area contributed by atoms with Gasteiger partial charge in [-0.2, -0.15) is 18.4 Å². The van der Waals surface area contributed by atoms with Gasteiger partial charge < -0.3 is 10.2 Å². The van der Waals surface area contributed by atoms with E-state index in [9.17, 15) is 18.0 Å². The van der Waals surface area contributed by atoms with Gasteiger partial charge in [0.2, 0.25) is 0 Å². The molecule has 1 heterocycles. The maximum atomic E-state index is 13.3. The van der Waals surface area contributed by atoms with Crippen LogP contribution >= 0.6 is 0 Å². The fourth-order valence-electron chi connectivity index (χ4n) is 4.91. The Balaban J connectivity index is 1.24. The number of carbonyl (C=O) groups is 1. The predicted molar refractivity (Wildman–Crippen MR) is 150 cm³/mol. The van der Waals surface area contributed by atoms with E-state index in [-0.39, 0.29) is 5.91 Å². The van der Waals surface area contributed by atoms with E-state index >= 15 is 0 Å². The summed E-state index contributed by atoms with van der Waals surface area (Å²) in [6, 6.07) is 29.2. The number of carbonyl (C=O) groups excluding carboxylic acids is 1. The summed E-state index contributed by atoms with van der Waals surface area (Å²) in [6.45, 7) is 4.18. The van der Waals surface area contributed by atoms with Gasteiger partial charge in [-0.1, -0.05) is 48.5 Å². The summed E-state index contributed by atoms with van der Waals surface area (Å²) in [5, 5.41) is 12.1. The lowest BCUT2D eigenvalue weighted by molar-refractivity contribution is -0.137. The van der Waals surface area contributed by atoms with Crippen LogP contribution in [0.2, 0.25) is 0 Å². The minimum absolute atomic E-state index is 0.336. The highest BCUT2D eigenvalue weighted by Crippen LogP contribution is 2.32. The number of nitrogens with one attached hydrogen (secondary N) is 1. The normalized spacial score (nSPS) is 14.0. The van der Waals surface area contributed by atoms with Crippen LogP contribution in [0.1, 0.15) is 27.0 Å². The quantitative estimate of drug-likeness (QED) is 0.292. The largest absolute Gasteiger partial charge is 0.416 e. The number of nitriles is 1. The Morgan fingerprint density at radius 2 is 1.57 bits per heavy atom. The first kappa shape index (κ1) is 27.0. The van der Waals surface area contributed by atoms with Gasteiger partial charge in [0.1, 0.15) is 0 Å². The Hall–Kier alpha value is -4.61. The summed E-state index contributed by atoms with van der Waals surface area (Å²) in [7, 11) is 0. The number of nitrogens with zero attached hydrogens (tertiary/aromatic N) is 3. The second kappa shape index (κ2) is 11.6. The summed E-state index contributed by atoms with van der Waals surface area (Å²) in [6.07, 6.45) is -4.42. The van der Waals surface area contributed by atoms with Crippen molar-refractivity contribution in [3.8, 4) is 17.2 Å². The van der Waals surface area contributed by atoms with E-state index in [2.05, 4.69) is 21.2 Å². The molecule has 0 spiro atoms. The lowest BCUT2D eigenvalue weighted by Gasteiger charge is -2.36. The summed E-state index contributed by atoms with van der Waals surface area (Å²) in [5.41, 5.74) is 4.16. The minimum atomic E-state index is -4.42. The van der Waals surface area contributed by atoms with Crippen LogP contribution in [0, 0.1) is 11.3 Å². The average molecular weight is 541 g/mol. The molecule has 1 fully saturated rings. The summed E-state index contributed by atoms with van der Waals surface area (Å²) >= 11 is 0. The topological polar surface area (TPSA) is 59.4 Å². The lowest BCUT2D eigenvalue weighted by Crippen LogP contribution is -2.46. The molecule has 0 radical (unpaired) electrons. The molecule has 0 bridgehead atoms. The van der Waals surface area contributed by atoms with Crippen LogP contribution in [0.25, 0.3) is 11.1 Å². The molecule has 1 N–H and O–H groups in total. The van der Waals surface area contributed by atoms with Crippen molar-refractivity contribution in [2.45, 2.75) is 12.7 Å². The molecule has 4 aromatic carbocycles. The van der Waals surface area contributed by atoms with Gasteiger partial charge in [0, 0.05) is 49.7 Å². The van der Waals surface area contributed by atoms with Gasteiger partial charge in [-0.15, -0.1) is 0 Å². The number of rotatable bonds is 6. The lowest BCUT2D eigenvalue weighted by atomic mass is 9.98. The third-order valence-corrected chi connectivity index (χ3v) is 7.00. The van der Waals surface area contributed by atoms with Crippen LogP contribution in [0.4, 0.5) is 24.5 Å². The van der Waals surface area contributed by atoms with Crippen molar-refractivity contribution < 1.29 is 18.0 Å². The zero-order chi connectivity index (χ0) is 28.1. The van der Waals surface area contributed by atoms with Crippen LogP contribution in [0.5, 0.6) is 0 Å².